The van der Waals surface area contributed by atoms with E-state index in [-0.39, 0.29) is 5.01 Å². The van der Waals surface area contributed by atoms with Gasteiger partial charge in [0, 0.05) is 5.38 Å². The lowest BCUT2D eigenvalue weighted by Gasteiger charge is -2.00. The first-order valence-electron chi connectivity index (χ1n) is 3.58. The molecule has 0 aromatic carbocycles. The van der Waals surface area contributed by atoms with Crippen LogP contribution >= 0.6 is 11.3 Å². The molecule has 1 fully saturated rings. The Morgan fingerprint density at radius 2 is 2.25 bits per heavy atom. The van der Waals surface area contributed by atoms with E-state index in [4.69, 9.17) is 0 Å². The van der Waals surface area contributed by atoms with Gasteiger partial charge in [-0.3, -0.25) is 0 Å². The molecule has 12 heavy (non-hydrogen) atoms. The maximum Gasteiger partial charge on any atom is 0.289 e. The molecule has 1 N–H and O–H groups in total. The van der Waals surface area contributed by atoms with Crippen molar-refractivity contribution in [2.75, 3.05) is 0 Å². The molecule has 1 heterocycles. The largest absolute Gasteiger partial charge is 0.384 e. The monoisotopic (exact) mass is 191 g/mol. The molecule has 1 aliphatic carbocycles. The second-order valence-corrected chi connectivity index (χ2v) is 3.79. The van der Waals surface area contributed by atoms with E-state index in [1.54, 1.807) is 0 Å². The minimum absolute atomic E-state index is 0.203. The normalized spacial score (nSPS) is 20.0. The van der Waals surface area contributed by atoms with Gasteiger partial charge in [-0.2, -0.15) is 0 Å². The average molecular weight is 191 g/mol. The fraction of sp³-hybridized carbons (Fsp3) is 0.571. The van der Waals surface area contributed by atoms with E-state index in [9.17, 15) is 13.9 Å². The first-order valence-corrected chi connectivity index (χ1v) is 4.46. The first kappa shape index (κ1) is 8.07. The lowest BCUT2D eigenvalue weighted by Crippen LogP contribution is -2.04. The summed E-state index contributed by atoms with van der Waals surface area (Å²) in [6.07, 6.45) is -1.25. The number of alkyl halides is 2. The molecule has 0 saturated heterocycles. The van der Waals surface area contributed by atoms with E-state index >= 15 is 0 Å². The minimum atomic E-state index is -2.52. The van der Waals surface area contributed by atoms with Crippen molar-refractivity contribution >= 4 is 11.3 Å². The molecule has 0 spiro atoms. The Bertz CT molecular complexity index is 295. The third kappa shape index (κ3) is 1.23. The lowest BCUT2D eigenvalue weighted by molar-refractivity contribution is 0.139. The molecule has 0 atom stereocenters. The van der Waals surface area contributed by atoms with Crippen molar-refractivity contribution in [1.82, 2.24) is 4.98 Å². The van der Waals surface area contributed by atoms with Gasteiger partial charge in [0.1, 0.15) is 5.60 Å². The Balaban J connectivity index is 2.25. The van der Waals surface area contributed by atoms with Gasteiger partial charge < -0.3 is 5.11 Å². The van der Waals surface area contributed by atoms with Crippen molar-refractivity contribution in [2.45, 2.75) is 24.9 Å². The minimum Gasteiger partial charge on any atom is -0.384 e. The van der Waals surface area contributed by atoms with Crippen molar-refractivity contribution in [3.05, 3.63) is 16.1 Å². The third-order valence-corrected chi connectivity index (χ3v) is 2.76. The topological polar surface area (TPSA) is 33.1 Å². The van der Waals surface area contributed by atoms with Crippen LogP contribution < -0.4 is 0 Å². The Hall–Kier alpha value is -0.550. The molecule has 0 radical (unpaired) electrons. The molecule has 5 heteroatoms. The van der Waals surface area contributed by atoms with Gasteiger partial charge in [-0.05, 0) is 12.8 Å². The van der Waals surface area contributed by atoms with E-state index in [0.29, 0.717) is 18.5 Å². The number of aliphatic hydroxyl groups is 1. The third-order valence-electron chi connectivity index (χ3n) is 1.91. The fourth-order valence-corrected chi connectivity index (χ4v) is 1.73. The molecule has 1 aromatic rings. The summed E-state index contributed by atoms with van der Waals surface area (Å²) in [5, 5.41) is 10.8. The van der Waals surface area contributed by atoms with Crippen molar-refractivity contribution < 1.29 is 13.9 Å². The molecule has 0 unspecified atom stereocenters. The zero-order chi connectivity index (χ0) is 8.77. The predicted molar refractivity (Wildman–Crippen MR) is 40.2 cm³/mol. The van der Waals surface area contributed by atoms with Crippen molar-refractivity contribution in [3.63, 3.8) is 0 Å². The Morgan fingerprint density at radius 1 is 1.58 bits per heavy atom. The van der Waals surface area contributed by atoms with Gasteiger partial charge in [0.05, 0.1) is 5.69 Å². The Labute approximate surface area is 71.9 Å². The standard InChI is InChI=1S/C7H7F2NOS/c8-5(9)6-10-4(3-12-6)7(11)1-2-7/h3,5,11H,1-2H2. The molecule has 2 nitrogen and oxygen atoms in total. The molecule has 0 bridgehead atoms. The van der Waals surface area contributed by atoms with Gasteiger partial charge in [0.25, 0.3) is 6.43 Å². The highest BCUT2D eigenvalue weighted by molar-refractivity contribution is 7.09. The van der Waals surface area contributed by atoms with E-state index in [1.807, 2.05) is 0 Å². The molecular weight excluding hydrogens is 184 g/mol. The molecule has 1 saturated carbocycles. The zero-order valence-corrected chi connectivity index (χ0v) is 6.94. The van der Waals surface area contributed by atoms with Crippen LogP contribution in [0.1, 0.15) is 30.0 Å². The number of hydrogen-bond donors (Lipinski definition) is 1. The number of aromatic nitrogens is 1. The molecular formula is C7H7F2NOS. The number of rotatable bonds is 2. The van der Waals surface area contributed by atoms with E-state index in [1.165, 1.54) is 5.38 Å². The van der Waals surface area contributed by atoms with E-state index in [0.717, 1.165) is 11.3 Å². The van der Waals surface area contributed by atoms with E-state index in [2.05, 4.69) is 4.98 Å². The van der Waals surface area contributed by atoms with Gasteiger partial charge in [0.2, 0.25) is 0 Å². The Kier molecular flexibility index (Phi) is 1.66. The van der Waals surface area contributed by atoms with Crippen molar-refractivity contribution in [2.24, 2.45) is 0 Å². The molecule has 1 aliphatic rings. The first-order chi connectivity index (χ1) is 5.62. The second kappa shape index (κ2) is 2.47. The maximum atomic E-state index is 12.1. The molecule has 0 aliphatic heterocycles. The summed E-state index contributed by atoms with van der Waals surface area (Å²) in [5.41, 5.74) is -0.480. The van der Waals surface area contributed by atoms with Crippen LogP contribution in [0, 0.1) is 0 Å². The summed E-state index contributed by atoms with van der Waals surface area (Å²) in [4.78, 5) is 3.66. The van der Waals surface area contributed by atoms with Gasteiger partial charge >= 0.3 is 0 Å². The smallest absolute Gasteiger partial charge is 0.289 e. The summed E-state index contributed by atoms with van der Waals surface area (Å²) in [7, 11) is 0. The van der Waals surface area contributed by atoms with Crippen molar-refractivity contribution in [3.8, 4) is 0 Å². The van der Waals surface area contributed by atoms with Crippen LogP contribution in [-0.4, -0.2) is 10.1 Å². The zero-order valence-electron chi connectivity index (χ0n) is 6.13. The van der Waals surface area contributed by atoms with Gasteiger partial charge in [-0.25, -0.2) is 13.8 Å². The van der Waals surface area contributed by atoms with E-state index < -0.39 is 12.0 Å². The summed E-state index contributed by atoms with van der Waals surface area (Å²) in [6.45, 7) is 0. The highest BCUT2D eigenvalue weighted by Crippen LogP contribution is 2.45. The summed E-state index contributed by atoms with van der Waals surface area (Å²) >= 11 is 0.903. The summed E-state index contributed by atoms with van der Waals surface area (Å²) in [5.74, 6) is 0. The number of thiazole rings is 1. The molecule has 2 rings (SSSR count). The van der Waals surface area contributed by atoms with Gasteiger partial charge in [-0.15, -0.1) is 11.3 Å². The summed E-state index contributed by atoms with van der Waals surface area (Å²) in [6, 6.07) is 0. The van der Waals surface area contributed by atoms with Crippen LogP contribution in [0.3, 0.4) is 0 Å². The fourth-order valence-electron chi connectivity index (χ4n) is 0.976. The highest BCUT2D eigenvalue weighted by atomic mass is 32.1. The molecule has 0 amide bonds. The Morgan fingerprint density at radius 3 is 2.67 bits per heavy atom. The molecule has 66 valence electrons. The lowest BCUT2D eigenvalue weighted by atomic mass is 10.3. The maximum absolute atomic E-state index is 12.1. The highest BCUT2D eigenvalue weighted by Gasteiger charge is 2.44. The second-order valence-electron chi connectivity index (χ2n) is 2.90. The number of hydrogen-bond acceptors (Lipinski definition) is 3. The van der Waals surface area contributed by atoms with Crippen LogP contribution in [0.15, 0.2) is 5.38 Å². The quantitative estimate of drug-likeness (QED) is 0.776. The van der Waals surface area contributed by atoms with Crippen LogP contribution in [0.4, 0.5) is 8.78 Å². The average Bonchev–Trinajstić information content (AvgIpc) is 2.61. The summed E-state index contributed by atoms with van der Waals surface area (Å²) < 4.78 is 24.1. The van der Waals surface area contributed by atoms with Crippen LogP contribution in [0.2, 0.25) is 0 Å². The number of halogens is 2. The predicted octanol–water partition coefficient (Wildman–Crippen LogP) is 2.06. The number of nitrogens with zero attached hydrogens (tertiary/aromatic N) is 1. The van der Waals surface area contributed by atoms with Gasteiger partial charge in [-0.1, -0.05) is 0 Å². The van der Waals surface area contributed by atoms with Gasteiger partial charge in [0.15, 0.2) is 5.01 Å². The SMILES string of the molecule is OC1(c2csc(C(F)F)n2)CC1. The van der Waals surface area contributed by atoms with Crippen LogP contribution in [0.25, 0.3) is 0 Å². The van der Waals surface area contributed by atoms with Crippen molar-refractivity contribution in [1.29, 1.82) is 0 Å². The van der Waals surface area contributed by atoms with Crippen LogP contribution in [0.5, 0.6) is 0 Å². The van der Waals surface area contributed by atoms with Crippen LogP contribution in [-0.2, 0) is 5.60 Å². The molecule has 1 aromatic heterocycles.